The maximum absolute atomic E-state index is 12.1. The second-order valence-corrected chi connectivity index (χ2v) is 4.81. The van der Waals surface area contributed by atoms with Gasteiger partial charge < -0.3 is 0 Å². The second kappa shape index (κ2) is 4.58. The summed E-state index contributed by atoms with van der Waals surface area (Å²) in [6.45, 7) is 2.13. The maximum atomic E-state index is 12.1. The molecular formula is C12H12N2OS. The molecule has 82 valence electrons. The van der Waals surface area contributed by atoms with Crippen LogP contribution in [0.4, 0.5) is 5.69 Å². The van der Waals surface area contributed by atoms with Crippen LogP contribution in [0.5, 0.6) is 0 Å². The van der Waals surface area contributed by atoms with Gasteiger partial charge in [0.05, 0.1) is 17.0 Å². The Kier molecular flexibility index (Phi) is 3.16. The lowest BCUT2D eigenvalue weighted by atomic mass is 10.2. The molecule has 0 spiro atoms. The number of anilines is 1. The smallest absolute Gasteiger partial charge is 0.241 e. The van der Waals surface area contributed by atoms with Crippen LogP contribution in [0.1, 0.15) is 13.3 Å². The molecule has 4 heteroatoms. The van der Waals surface area contributed by atoms with Gasteiger partial charge in [-0.3, -0.25) is 9.69 Å². The Morgan fingerprint density at radius 2 is 2.25 bits per heavy atom. The minimum Gasteiger partial charge on any atom is -0.296 e. The predicted molar refractivity (Wildman–Crippen MR) is 64.3 cm³/mol. The fourth-order valence-corrected chi connectivity index (χ4v) is 2.93. The van der Waals surface area contributed by atoms with Crippen molar-refractivity contribution in [2.75, 3.05) is 11.4 Å². The van der Waals surface area contributed by atoms with E-state index in [4.69, 9.17) is 5.26 Å². The predicted octanol–water partition coefficient (Wildman–Crippen LogP) is 2.43. The molecule has 2 rings (SSSR count). The molecule has 3 nitrogen and oxygen atoms in total. The van der Waals surface area contributed by atoms with Crippen molar-refractivity contribution in [2.45, 2.75) is 23.5 Å². The first kappa shape index (κ1) is 11.0. The fourth-order valence-electron chi connectivity index (χ4n) is 1.77. The summed E-state index contributed by atoms with van der Waals surface area (Å²) in [5, 5.41) is 8.72. The normalized spacial score (nSPS) is 19.1. The van der Waals surface area contributed by atoms with E-state index in [9.17, 15) is 4.79 Å². The average Bonchev–Trinajstić information content (AvgIpc) is 2.32. The zero-order valence-corrected chi connectivity index (χ0v) is 9.83. The van der Waals surface area contributed by atoms with E-state index >= 15 is 0 Å². The van der Waals surface area contributed by atoms with Gasteiger partial charge >= 0.3 is 0 Å². The summed E-state index contributed by atoms with van der Waals surface area (Å²) in [6, 6.07) is 9.79. The van der Waals surface area contributed by atoms with Gasteiger partial charge in [0.2, 0.25) is 5.91 Å². The summed E-state index contributed by atoms with van der Waals surface area (Å²) in [5.74, 6) is 0.0488. The molecule has 16 heavy (non-hydrogen) atoms. The molecule has 0 fully saturated rings. The summed E-state index contributed by atoms with van der Waals surface area (Å²) in [4.78, 5) is 14.7. The first-order valence-electron chi connectivity index (χ1n) is 5.22. The van der Waals surface area contributed by atoms with Gasteiger partial charge in [-0.05, 0) is 18.6 Å². The fraction of sp³-hybridized carbons (Fsp3) is 0.333. The number of carbonyl (C=O) groups is 1. The molecule has 0 bridgehead atoms. The molecule has 1 aromatic carbocycles. The third-order valence-electron chi connectivity index (χ3n) is 2.57. The highest BCUT2D eigenvalue weighted by Gasteiger charge is 2.31. The Hall–Kier alpha value is -1.47. The molecule has 0 aromatic heterocycles. The van der Waals surface area contributed by atoms with E-state index in [2.05, 4.69) is 0 Å². The van der Waals surface area contributed by atoms with Crippen LogP contribution in [0.3, 0.4) is 0 Å². The summed E-state index contributed by atoms with van der Waals surface area (Å²) in [7, 11) is 0. The Bertz CT molecular complexity index is 453. The van der Waals surface area contributed by atoms with Crippen molar-refractivity contribution >= 4 is 23.4 Å². The molecule has 0 saturated heterocycles. The van der Waals surface area contributed by atoms with Crippen LogP contribution in [-0.2, 0) is 4.79 Å². The van der Waals surface area contributed by atoms with Crippen molar-refractivity contribution < 1.29 is 4.79 Å². The number of fused-ring (bicyclic) bond motifs is 1. The number of para-hydroxylation sites is 1. The number of nitrogens with zero attached hydrogens (tertiary/aromatic N) is 2. The van der Waals surface area contributed by atoms with Crippen LogP contribution in [0.2, 0.25) is 0 Å². The van der Waals surface area contributed by atoms with E-state index in [1.165, 1.54) is 0 Å². The second-order valence-electron chi connectivity index (χ2n) is 3.56. The molecular weight excluding hydrogens is 220 g/mol. The lowest BCUT2D eigenvalue weighted by Gasteiger charge is -2.31. The van der Waals surface area contributed by atoms with Crippen molar-refractivity contribution in [3.63, 3.8) is 0 Å². The third kappa shape index (κ3) is 1.79. The van der Waals surface area contributed by atoms with Crippen LogP contribution in [0.15, 0.2) is 29.2 Å². The Morgan fingerprint density at radius 1 is 1.50 bits per heavy atom. The number of thioether (sulfide) groups is 1. The zero-order chi connectivity index (χ0) is 11.5. The number of hydrogen-bond donors (Lipinski definition) is 0. The number of nitriles is 1. The number of carbonyl (C=O) groups excluding carboxylic acids is 1. The van der Waals surface area contributed by atoms with E-state index in [-0.39, 0.29) is 17.7 Å². The monoisotopic (exact) mass is 232 g/mol. The first-order chi connectivity index (χ1) is 7.77. The van der Waals surface area contributed by atoms with Gasteiger partial charge in [0.15, 0.2) is 0 Å². The number of rotatable bonds is 2. The molecule has 1 aromatic rings. The van der Waals surface area contributed by atoms with Crippen LogP contribution < -0.4 is 4.90 Å². The molecule has 1 amide bonds. The Morgan fingerprint density at radius 3 is 2.94 bits per heavy atom. The van der Waals surface area contributed by atoms with Crippen molar-refractivity contribution in [2.24, 2.45) is 0 Å². The molecule has 1 atom stereocenters. The number of amides is 1. The van der Waals surface area contributed by atoms with Gasteiger partial charge in [-0.15, -0.1) is 11.8 Å². The minimum atomic E-state index is -0.0525. The number of hydrogen-bond acceptors (Lipinski definition) is 3. The summed E-state index contributed by atoms with van der Waals surface area (Å²) >= 11 is 1.59. The van der Waals surface area contributed by atoms with Crippen LogP contribution in [-0.4, -0.2) is 17.7 Å². The van der Waals surface area contributed by atoms with Crippen molar-refractivity contribution in [1.82, 2.24) is 0 Å². The molecule has 1 aliphatic rings. The first-order valence-corrected chi connectivity index (χ1v) is 6.10. The Labute approximate surface area is 99.1 Å². The summed E-state index contributed by atoms with van der Waals surface area (Å²) in [5.41, 5.74) is 0.865. The molecule has 1 unspecified atom stereocenters. The highest BCUT2D eigenvalue weighted by Crippen LogP contribution is 2.39. The maximum Gasteiger partial charge on any atom is 0.241 e. The van der Waals surface area contributed by atoms with Crippen molar-refractivity contribution in [1.29, 1.82) is 5.26 Å². The number of benzene rings is 1. The van der Waals surface area contributed by atoms with Gasteiger partial charge in [-0.2, -0.15) is 5.26 Å². The molecule has 0 aliphatic carbocycles. The van der Waals surface area contributed by atoms with E-state index in [0.29, 0.717) is 0 Å². The largest absolute Gasteiger partial charge is 0.296 e. The zero-order valence-electron chi connectivity index (χ0n) is 9.01. The molecule has 0 N–H and O–H groups in total. The van der Waals surface area contributed by atoms with Crippen molar-refractivity contribution in [3.05, 3.63) is 24.3 Å². The third-order valence-corrected chi connectivity index (χ3v) is 3.99. The topological polar surface area (TPSA) is 44.1 Å². The molecule has 0 radical (unpaired) electrons. The lowest BCUT2D eigenvalue weighted by molar-refractivity contribution is -0.118. The average molecular weight is 232 g/mol. The van der Waals surface area contributed by atoms with Crippen LogP contribution in [0, 0.1) is 11.3 Å². The van der Waals surface area contributed by atoms with E-state index in [1.807, 2.05) is 37.3 Å². The van der Waals surface area contributed by atoms with E-state index in [1.54, 1.807) is 16.7 Å². The van der Waals surface area contributed by atoms with E-state index < -0.39 is 0 Å². The summed E-state index contributed by atoms with van der Waals surface area (Å²) in [6.07, 6.45) is 0.791. The van der Waals surface area contributed by atoms with E-state index in [0.717, 1.165) is 17.0 Å². The van der Waals surface area contributed by atoms with Gasteiger partial charge in [0, 0.05) is 4.90 Å². The molecule has 1 heterocycles. The SMILES string of the molecule is CCC1Sc2ccccc2N(CC#N)C1=O. The van der Waals surface area contributed by atoms with Gasteiger partial charge in [-0.1, -0.05) is 19.1 Å². The molecule has 1 aliphatic heterocycles. The quantitative estimate of drug-likeness (QED) is 0.735. The molecule has 0 saturated carbocycles. The lowest BCUT2D eigenvalue weighted by Crippen LogP contribution is -2.40. The van der Waals surface area contributed by atoms with Crippen molar-refractivity contribution in [3.8, 4) is 6.07 Å². The highest BCUT2D eigenvalue weighted by molar-refractivity contribution is 8.01. The summed E-state index contributed by atoms with van der Waals surface area (Å²) < 4.78 is 0. The van der Waals surface area contributed by atoms with Crippen LogP contribution >= 0.6 is 11.8 Å². The highest BCUT2D eigenvalue weighted by atomic mass is 32.2. The van der Waals surface area contributed by atoms with Gasteiger partial charge in [0.1, 0.15) is 6.54 Å². The minimum absolute atomic E-state index is 0.0488. The Balaban J connectivity index is 2.43. The van der Waals surface area contributed by atoms with Crippen LogP contribution in [0.25, 0.3) is 0 Å². The van der Waals surface area contributed by atoms with Gasteiger partial charge in [-0.25, -0.2) is 0 Å². The van der Waals surface area contributed by atoms with Gasteiger partial charge in [0.25, 0.3) is 0 Å². The standard InChI is InChI=1S/C12H12N2OS/c1-2-10-12(15)14(8-7-13)9-5-3-4-6-11(9)16-10/h3-6,10H,2,8H2,1H3.